The number of nitrogens with zero attached hydrogens (tertiary/aromatic N) is 3. The van der Waals surface area contributed by atoms with Gasteiger partial charge in [-0.05, 0) is 56.5 Å². The molecule has 0 saturated carbocycles. The molecule has 1 aromatic carbocycles. The molecule has 0 bridgehead atoms. The lowest BCUT2D eigenvalue weighted by Gasteiger charge is -2.26. The number of likely N-dealkylation sites (tertiary alicyclic amines) is 1. The Morgan fingerprint density at radius 2 is 1.83 bits per heavy atom. The Morgan fingerprint density at radius 1 is 1.10 bits per heavy atom. The van der Waals surface area contributed by atoms with E-state index in [-0.39, 0.29) is 5.91 Å². The van der Waals surface area contributed by atoms with Gasteiger partial charge in [0.25, 0.3) is 0 Å². The molecule has 1 fully saturated rings. The summed E-state index contributed by atoms with van der Waals surface area (Å²) in [5, 5.41) is 5.00. The van der Waals surface area contributed by atoms with Gasteiger partial charge in [0.05, 0.1) is 5.75 Å². The fourth-order valence-electron chi connectivity index (χ4n) is 3.78. The first-order valence-corrected chi connectivity index (χ1v) is 12.3. The van der Waals surface area contributed by atoms with Crippen LogP contribution in [0.25, 0.3) is 10.2 Å². The van der Waals surface area contributed by atoms with E-state index in [4.69, 9.17) is 0 Å². The van der Waals surface area contributed by atoms with E-state index in [0.717, 1.165) is 27.4 Å². The number of aryl methyl sites for hydroxylation is 2. The number of hydrogen-bond donors (Lipinski definition) is 1. The van der Waals surface area contributed by atoms with Crippen molar-refractivity contribution in [1.29, 1.82) is 0 Å². The summed E-state index contributed by atoms with van der Waals surface area (Å²) in [6, 6.07) is 8.62. The van der Waals surface area contributed by atoms with Crippen molar-refractivity contribution in [2.75, 3.05) is 18.8 Å². The SMILES string of the molecule is Cc1sc2ncnc(SCC(=O)NCc3ccc(CN4CCCCC4)cc3)c2c1C. The zero-order valence-electron chi connectivity index (χ0n) is 17.6. The fraction of sp³-hybridized carbons (Fsp3) is 0.435. The summed E-state index contributed by atoms with van der Waals surface area (Å²) in [6.07, 6.45) is 5.58. The molecule has 1 amide bonds. The van der Waals surface area contributed by atoms with Crippen molar-refractivity contribution in [3.8, 4) is 0 Å². The Labute approximate surface area is 186 Å². The van der Waals surface area contributed by atoms with Crippen LogP contribution in [0.4, 0.5) is 0 Å². The maximum atomic E-state index is 12.4. The summed E-state index contributed by atoms with van der Waals surface area (Å²) in [6.45, 7) is 8.19. The van der Waals surface area contributed by atoms with Gasteiger partial charge in [-0.3, -0.25) is 9.69 Å². The van der Waals surface area contributed by atoms with Crippen LogP contribution in [0, 0.1) is 13.8 Å². The lowest BCUT2D eigenvalue weighted by Crippen LogP contribution is -2.29. The maximum Gasteiger partial charge on any atom is 0.230 e. The lowest BCUT2D eigenvalue weighted by atomic mass is 10.1. The number of carbonyl (C=O) groups excluding carboxylic acids is 1. The van der Waals surface area contributed by atoms with Gasteiger partial charge < -0.3 is 5.32 Å². The number of nitrogens with one attached hydrogen (secondary N) is 1. The van der Waals surface area contributed by atoms with Crippen molar-refractivity contribution in [3.05, 3.63) is 52.2 Å². The number of aromatic nitrogens is 2. The number of piperidine rings is 1. The summed E-state index contributed by atoms with van der Waals surface area (Å²) < 4.78 is 0. The number of thiophene rings is 1. The third kappa shape index (κ3) is 5.20. The first kappa shape index (κ1) is 21.3. The van der Waals surface area contributed by atoms with Gasteiger partial charge in [-0.1, -0.05) is 42.4 Å². The smallest absolute Gasteiger partial charge is 0.230 e. The maximum absolute atomic E-state index is 12.4. The van der Waals surface area contributed by atoms with Gasteiger partial charge in [0.2, 0.25) is 5.91 Å². The van der Waals surface area contributed by atoms with E-state index in [1.165, 1.54) is 60.1 Å². The number of carbonyl (C=O) groups is 1. The Hall–Kier alpha value is -1.96. The van der Waals surface area contributed by atoms with Crippen LogP contribution in [-0.2, 0) is 17.9 Å². The Kier molecular flexibility index (Phi) is 7.02. The summed E-state index contributed by atoms with van der Waals surface area (Å²) >= 11 is 3.16. The summed E-state index contributed by atoms with van der Waals surface area (Å²) in [4.78, 5) is 25.9. The molecule has 0 atom stereocenters. The molecule has 0 spiro atoms. The lowest BCUT2D eigenvalue weighted by molar-refractivity contribution is -0.118. The Balaban J connectivity index is 1.27. The average Bonchev–Trinajstić information content (AvgIpc) is 3.06. The van der Waals surface area contributed by atoms with Gasteiger partial charge in [-0.15, -0.1) is 11.3 Å². The minimum absolute atomic E-state index is 0.0220. The third-order valence-corrected chi connectivity index (χ3v) is 7.74. The quantitative estimate of drug-likeness (QED) is 0.426. The number of benzene rings is 1. The number of rotatable bonds is 7. The van der Waals surface area contributed by atoms with E-state index in [1.807, 2.05) is 0 Å². The molecule has 0 radical (unpaired) electrons. The highest BCUT2D eigenvalue weighted by atomic mass is 32.2. The topological polar surface area (TPSA) is 58.1 Å². The standard InChI is InChI=1S/C23H28N4OS2/c1-16-17(2)30-23-21(16)22(25-15-26-23)29-14-20(28)24-12-18-6-8-19(9-7-18)13-27-10-4-3-5-11-27/h6-9,15H,3-5,10-14H2,1-2H3,(H,24,28). The normalized spacial score (nSPS) is 14.9. The summed E-state index contributed by atoms with van der Waals surface area (Å²) in [5.74, 6) is 0.377. The number of amides is 1. The predicted octanol–water partition coefficient (Wildman–Crippen LogP) is 4.70. The molecule has 1 aliphatic heterocycles. The second-order valence-electron chi connectivity index (χ2n) is 7.86. The molecule has 3 aromatic rings. The average molecular weight is 441 g/mol. The van der Waals surface area contributed by atoms with Crippen LogP contribution in [0.1, 0.15) is 40.8 Å². The van der Waals surface area contributed by atoms with Crippen LogP contribution in [0.15, 0.2) is 35.6 Å². The van der Waals surface area contributed by atoms with Crippen molar-refractivity contribution >= 4 is 39.2 Å². The fourth-order valence-corrected chi connectivity index (χ4v) is 5.73. The van der Waals surface area contributed by atoms with Crippen LogP contribution in [-0.4, -0.2) is 39.6 Å². The minimum atomic E-state index is 0.0220. The molecule has 1 aliphatic rings. The molecule has 4 rings (SSSR count). The summed E-state index contributed by atoms with van der Waals surface area (Å²) in [5.41, 5.74) is 3.68. The third-order valence-electron chi connectivity index (χ3n) is 5.64. The highest BCUT2D eigenvalue weighted by Crippen LogP contribution is 2.34. The Bertz CT molecular complexity index is 1010. The molecule has 0 aliphatic carbocycles. The molecule has 158 valence electrons. The van der Waals surface area contributed by atoms with Crippen LogP contribution >= 0.6 is 23.1 Å². The largest absolute Gasteiger partial charge is 0.351 e. The van der Waals surface area contributed by atoms with E-state index >= 15 is 0 Å². The molecule has 1 saturated heterocycles. The molecule has 0 unspecified atom stereocenters. The molecule has 7 heteroatoms. The molecule has 1 N–H and O–H groups in total. The van der Waals surface area contributed by atoms with E-state index in [9.17, 15) is 4.79 Å². The van der Waals surface area contributed by atoms with Crippen molar-refractivity contribution in [1.82, 2.24) is 20.2 Å². The molecular weight excluding hydrogens is 412 g/mol. The number of hydrogen-bond acceptors (Lipinski definition) is 6. The zero-order valence-corrected chi connectivity index (χ0v) is 19.2. The van der Waals surface area contributed by atoms with E-state index in [2.05, 4.69) is 58.3 Å². The second-order valence-corrected chi connectivity index (χ2v) is 10.0. The van der Waals surface area contributed by atoms with E-state index < -0.39 is 0 Å². The Morgan fingerprint density at radius 3 is 2.60 bits per heavy atom. The van der Waals surface area contributed by atoms with Crippen molar-refractivity contribution in [2.45, 2.75) is 51.2 Å². The number of fused-ring (bicyclic) bond motifs is 1. The van der Waals surface area contributed by atoms with Crippen LogP contribution in [0.5, 0.6) is 0 Å². The van der Waals surface area contributed by atoms with Crippen molar-refractivity contribution in [2.24, 2.45) is 0 Å². The van der Waals surface area contributed by atoms with Crippen molar-refractivity contribution < 1.29 is 4.79 Å². The van der Waals surface area contributed by atoms with Gasteiger partial charge >= 0.3 is 0 Å². The van der Waals surface area contributed by atoms with Gasteiger partial charge in [0, 0.05) is 23.4 Å². The minimum Gasteiger partial charge on any atom is -0.351 e. The number of thioether (sulfide) groups is 1. The van der Waals surface area contributed by atoms with Gasteiger partial charge in [-0.25, -0.2) is 9.97 Å². The molecule has 2 aromatic heterocycles. The molecular formula is C23H28N4OS2. The predicted molar refractivity (Wildman–Crippen MR) is 125 cm³/mol. The molecule has 3 heterocycles. The second kappa shape index (κ2) is 9.90. The van der Waals surface area contributed by atoms with E-state index in [1.54, 1.807) is 17.7 Å². The monoisotopic (exact) mass is 440 g/mol. The van der Waals surface area contributed by atoms with Crippen LogP contribution < -0.4 is 5.32 Å². The highest BCUT2D eigenvalue weighted by Gasteiger charge is 2.14. The highest BCUT2D eigenvalue weighted by molar-refractivity contribution is 8.00. The zero-order chi connectivity index (χ0) is 20.9. The van der Waals surface area contributed by atoms with Crippen LogP contribution in [0.2, 0.25) is 0 Å². The van der Waals surface area contributed by atoms with Crippen molar-refractivity contribution in [3.63, 3.8) is 0 Å². The first-order chi connectivity index (χ1) is 14.6. The first-order valence-electron chi connectivity index (χ1n) is 10.5. The van der Waals surface area contributed by atoms with Gasteiger partial charge in [0.15, 0.2) is 0 Å². The molecule has 30 heavy (non-hydrogen) atoms. The van der Waals surface area contributed by atoms with Crippen LogP contribution in [0.3, 0.4) is 0 Å². The van der Waals surface area contributed by atoms with Gasteiger partial charge in [0.1, 0.15) is 16.2 Å². The van der Waals surface area contributed by atoms with E-state index in [0.29, 0.717) is 12.3 Å². The summed E-state index contributed by atoms with van der Waals surface area (Å²) in [7, 11) is 0. The van der Waals surface area contributed by atoms with Gasteiger partial charge in [-0.2, -0.15) is 0 Å². The molecule has 5 nitrogen and oxygen atoms in total.